The van der Waals surface area contributed by atoms with Crippen molar-refractivity contribution in [2.75, 3.05) is 37.6 Å². The van der Waals surface area contributed by atoms with Crippen LogP contribution in [0.5, 0.6) is 0 Å². The lowest BCUT2D eigenvalue weighted by Gasteiger charge is -2.44. The highest BCUT2D eigenvalue weighted by Gasteiger charge is 2.47. The van der Waals surface area contributed by atoms with Crippen LogP contribution in [0.4, 0.5) is 5.69 Å². The van der Waals surface area contributed by atoms with E-state index < -0.39 is 5.92 Å². The summed E-state index contributed by atoms with van der Waals surface area (Å²) in [5.41, 5.74) is 4.16. The van der Waals surface area contributed by atoms with Gasteiger partial charge < -0.3 is 15.1 Å². The highest BCUT2D eigenvalue weighted by molar-refractivity contribution is 7.10. The molecule has 6 rings (SSSR count). The number of nitrogens with one attached hydrogen (secondary N) is 1. The minimum Gasteiger partial charge on any atom is -0.366 e. The van der Waals surface area contributed by atoms with Crippen molar-refractivity contribution < 1.29 is 9.59 Å². The Labute approximate surface area is 248 Å². The summed E-state index contributed by atoms with van der Waals surface area (Å²) in [4.78, 5) is 36.1. The van der Waals surface area contributed by atoms with Crippen LogP contribution in [0.1, 0.15) is 77.3 Å². The minimum absolute atomic E-state index is 0.0315. The van der Waals surface area contributed by atoms with Gasteiger partial charge in [0.2, 0.25) is 5.91 Å². The van der Waals surface area contributed by atoms with Crippen molar-refractivity contribution in [1.82, 2.24) is 15.1 Å². The maximum atomic E-state index is 14.0. The van der Waals surface area contributed by atoms with Gasteiger partial charge >= 0.3 is 0 Å². The number of nitrogens with zero attached hydrogens (tertiary/aromatic N) is 3. The fourth-order valence-corrected chi connectivity index (χ4v) is 8.09. The first-order valence-corrected chi connectivity index (χ1v) is 16.2. The molecule has 3 heterocycles. The molecule has 1 saturated carbocycles. The van der Waals surface area contributed by atoms with Crippen molar-refractivity contribution in [2.45, 2.75) is 70.0 Å². The van der Waals surface area contributed by atoms with Crippen LogP contribution in [-0.4, -0.2) is 66.4 Å². The van der Waals surface area contributed by atoms with Crippen molar-refractivity contribution in [3.8, 4) is 0 Å². The Balaban J connectivity index is 1.12. The van der Waals surface area contributed by atoms with Crippen LogP contribution < -0.4 is 10.2 Å². The Morgan fingerprint density at radius 3 is 2.61 bits per heavy atom. The highest BCUT2D eigenvalue weighted by Crippen LogP contribution is 2.47. The lowest BCUT2D eigenvalue weighted by atomic mass is 9.80. The second-order valence-electron chi connectivity index (χ2n) is 12.0. The van der Waals surface area contributed by atoms with Crippen LogP contribution in [0.15, 0.2) is 66.0 Å². The average Bonchev–Trinajstić information content (AvgIpc) is 3.70. The van der Waals surface area contributed by atoms with Crippen molar-refractivity contribution >= 4 is 28.8 Å². The molecule has 41 heavy (non-hydrogen) atoms. The van der Waals surface area contributed by atoms with Gasteiger partial charge in [0.1, 0.15) is 0 Å². The fraction of sp³-hybridized carbons (Fsp3) is 0.471. The quantitative estimate of drug-likeness (QED) is 0.338. The number of carbonyl (C=O) groups excluding carboxylic acids is 2. The van der Waals surface area contributed by atoms with Crippen LogP contribution in [0.2, 0.25) is 0 Å². The predicted molar refractivity (Wildman–Crippen MR) is 167 cm³/mol. The first-order chi connectivity index (χ1) is 20.0. The van der Waals surface area contributed by atoms with E-state index in [1.165, 1.54) is 11.3 Å². The number of anilines is 1. The van der Waals surface area contributed by atoms with Gasteiger partial charge in [0.15, 0.2) is 0 Å². The monoisotopic (exact) mass is 570 g/mol. The van der Waals surface area contributed by atoms with Gasteiger partial charge in [-0.2, -0.15) is 0 Å². The van der Waals surface area contributed by atoms with E-state index in [0.29, 0.717) is 18.2 Å². The minimum atomic E-state index is -0.402. The number of fused-ring (bicyclic) bond motifs is 1. The van der Waals surface area contributed by atoms with E-state index in [1.807, 2.05) is 30.3 Å². The van der Waals surface area contributed by atoms with E-state index >= 15 is 0 Å². The van der Waals surface area contributed by atoms with Crippen molar-refractivity contribution in [2.24, 2.45) is 0 Å². The summed E-state index contributed by atoms with van der Waals surface area (Å²) in [6.07, 6.45) is 5.22. The molecule has 3 atom stereocenters. The van der Waals surface area contributed by atoms with Gasteiger partial charge in [0.25, 0.3) is 5.91 Å². The maximum absolute atomic E-state index is 14.0. The summed E-state index contributed by atoms with van der Waals surface area (Å²) in [7, 11) is 0. The molecule has 3 aromatic rings. The van der Waals surface area contributed by atoms with Crippen LogP contribution in [0, 0.1) is 6.92 Å². The van der Waals surface area contributed by atoms with E-state index in [9.17, 15) is 9.59 Å². The largest absolute Gasteiger partial charge is 0.366 e. The summed E-state index contributed by atoms with van der Waals surface area (Å²) < 4.78 is 0. The Kier molecular flexibility index (Phi) is 8.45. The van der Waals surface area contributed by atoms with Crippen LogP contribution in [0.3, 0.4) is 0 Å². The first-order valence-electron chi connectivity index (χ1n) is 15.3. The zero-order valence-electron chi connectivity index (χ0n) is 24.3. The number of hydrogen-bond donors (Lipinski definition) is 1. The summed E-state index contributed by atoms with van der Waals surface area (Å²) in [5.74, 6) is -0.293. The van der Waals surface area contributed by atoms with Crippen LogP contribution in [0.25, 0.3) is 0 Å². The van der Waals surface area contributed by atoms with E-state index in [1.54, 1.807) is 11.3 Å². The predicted octanol–water partition coefficient (Wildman–Crippen LogP) is 6.00. The SMILES string of the molecule is Cc1cccc(N2CCN(CCCNC(=O)[C@@H]3c4ccccc4C(=O)N(C4CCCC4)[C@@H]3c3cccs3)C[C@@H]2C)c1. The van der Waals surface area contributed by atoms with E-state index in [-0.39, 0.29) is 23.9 Å². The molecule has 0 radical (unpaired) electrons. The van der Waals surface area contributed by atoms with Crippen molar-refractivity contribution in [1.29, 1.82) is 0 Å². The standard InChI is InChI=1S/C34H42N4O2S/c1-24-10-7-13-27(22-24)37-20-19-36(23-25(37)2)18-9-17-35-33(39)31-28-14-5-6-15-29(28)34(40)38(26-11-3-4-12-26)32(31)30-16-8-21-41-30/h5-8,10,13-16,21-22,25-26,31-32H,3-4,9,11-12,17-20,23H2,1-2H3,(H,35,39)/t25-,31+,32+/m0/s1. The number of aryl methyl sites for hydroxylation is 1. The molecule has 0 unspecified atom stereocenters. The molecule has 1 saturated heterocycles. The molecule has 2 aliphatic heterocycles. The molecule has 1 N–H and O–H groups in total. The number of amides is 2. The van der Waals surface area contributed by atoms with Crippen molar-refractivity contribution in [3.63, 3.8) is 0 Å². The Hall–Kier alpha value is -3.16. The number of thiophene rings is 1. The molecular weight excluding hydrogens is 528 g/mol. The topological polar surface area (TPSA) is 55.9 Å². The molecule has 1 aromatic heterocycles. The van der Waals surface area contributed by atoms with Crippen LogP contribution >= 0.6 is 11.3 Å². The lowest BCUT2D eigenvalue weighted by molar-refractivity contribution is -0.124. The number of benzene rings is 2. The van der Waals surface area contributed by atoms with Gasteiger partial charge in [-0.05, 0) is 80.4 Å². The molecule has 2 amide bonds. The third-order valence-corrected chi connectivity index (χ3v) is 10.1. The molecule has 2 fully saturated rings. The third-order valence-electron chi connectivity index (χ3n) is 9.21. The van der Waals surface area contributed by atoms with E-state index in [0.717, 1.165) is 68.7 Å². The normalized spacial score (nSPS) is 23.6. The first kappa shape index (κ1) is 28.0. The van der Waals surface area contributed by atoms with E-state index in [2.05, 4.69) is 69.6 Å². The molecule has 0 spiro atoms. The fourth-order valence-electron chi connectivity index (χ4n) is 7.23. The van der Waals surface area contributed by atoms with E-state index in [4.69, 9.17) is 0 Å². The number of hydrogen-bond acceptors (Lipinski definition) is 5. The summed E-state index contributed by atoms with van der Waals surface area (Å²) >= 11 is 1.65. The average molecular weight is 571 g/mol. The Bertz CT molecular complexity index is 1350. The molecule has 2 aromatic carbocycles. The Morgan fingerprint density at radius 1 is 1.02 bits per heavy atom. The molecule has 1 aliphatic carbocycles. The molecule has 3 aliphatic rings. The van der Waals surface area contributed by atoms with Gasteiger partial charge in [-0.3, -0.25) is 14.5 Å². The number of piperazine rings is 1. The zero-order chi connectivity index (χ0) is 28.3. The van der Waals surface area contributed by atoms with Crippen molar-refractivity contribution in [3.05, 3.63) is 87.6 Å². The number of carbonyl (C=O) groups is 2. The molecule has 7 heteroatoms. The van der Waals surface area contributed by atoms with Gasteiger partial charge in [-0.25, -0.2) is 0 Å². The second-order valence-corrected chi connectivity index (χ2v) is 13.0. The maximum Gasteiger partial charge on any atom is 0.254 e. The Morgan fingerprint density at radius 2 is 1.85 bits per heavy atom. The van der Waals surface area contributed by atoms with Gasteiger partial charge in [0.05, 0.1) is 12.0 Å². The smallest absolute Gasteiger partial charge is 0.254 e. The van der Waals surface area contributed by atoms with Gasteiger partial charge in [-0.1, -0.05) is 49.2 Å². The summed E-state index contributed by atoms with van der Waals surface area (Å²) in [6, 6.07) is 21.1. The van der Waals surface area contributed by atoms with Gasteiger partial charge in [-0.15, -0.1) is 11.3 Å². The molecule has 6 nitrogen and oxygen atoms in total. The molecule has 216 valence electrons. The van der Waals surface area contributed by atoms with Gasteiger partial charge in [0, 0.05) is 54.4 Å². The van der Waals surface area contributed by atoms with Crippen LogP contribution in [-0.2, 0) is 4.79 Å². The lowest BCUT2D eigenvalue weighted by Crippen LogP contribution is -2.52. The third kappa shape index (κ3) is 5.80. The summed E-state index contributed by atoms with van der Waals surface area (Å²) in [6.45, 7) is 9.13. The summed E-state index contributed by atoms with van der Waals surface area (Å²) in [5, 5.41) is 5.35. The number of rotatable bonds is 8. The molecule has 0 bridgehead atoms. The zero-order valence-corrected chi connectivity index (χ0v) is 25.1. The highest BCUT2D eigenvalue weighted by atomic mass is 32.1. The molecular formula is C34H42N4O2S. The second kappa shape index (κ2) is 12.4.